The van der Waals surface area contributed by atoms with Gasteiger partial charge in [0.1, 0.15) is 5.75 Å². The van der Waals surface area contributed by atoms with Crippen LogP contribution in [-0.4, -0.2) is 18.4 Å². The maximum Gasteiger partial charge on any atom is 0.387 e. The molecule has 0 fully saturated rings. The summed E-state index contributed by atoms with van der Waals surface area (Å²) in [7, 11) is 0. The van der Waals surface area contributed by atoms with Crippen molar-refractivity contribution in [3.63, 3.8) is 0 Å². The molecule has 2 rings (SSSR count). The summed E-state index contributed by atoms with van der Waals surface area (Å²) in [5, 5.41) is 5.42. The van der Waals surface area contributed by atoms with E-state index < -0.39 is 17.9 Å². The number of rotatable bonds is 6. The minimum atomic E-state index is -2.94. The lowest BCUT2D eigenvalue weighted by Crippen LogP contribution is -2.28. The number of benzene rings is 2. The van der Waals surface area contributed by atoms with Gasteiger partial charge >= 0.3 is 6.61 Å². The third-order valence-electron chi connectivity index (χ3n) is 3.69. The Hall–Kier alpha value is -2.96. The van der Waals surface area contributed by atoms with Crippen LogP contribution in [0, 0.1) is 5.41 Å². The summed E-state index contributed by atoms with van der Waals surface area (Å²) in [6.07, 6.45) is 0. The van der Waals surface area contributed by atoms with Crippen molar-refractivity contribution < 1.29 is 23.1 Å². The number of para-hydroxylation sites is 1. The molecule has 0 radical (unpaired) electrons. The first-order valence-electron chi connectivity index (χ1n) is 8.39. The zero-order valence-corrected chi connectivity index (χ0v) is 15.4. The second kappa shape index (κ2) is 8.62. The van der Waals surface area contributed by atoms with Gasteiger partial charge in [-0.2, -0.15) is 8.78 Å². The van der Waals surface area contributed by atoms with Crippen molar-refractivity contribution in [3.8, 4) is 5.75 Å². The lowest BCUT2D eigenvalue weighted by molar-refractivity contribution is -0.123. The molecular formula is C20H22F2N2O3. The van der Waals surface area contributed by atoms with Crippen molar-refractivity contribution in [2.45, 2.75) is 33.9 Å². The van der Waals surface area contributed by atoms with Gasteiger partial charge in [0.25, 0.3) is 5.91 Å². The van der Waals surface area contributed by atoms with Crippen LogP contribution in [0.4, 0.5) is 14.5 Å². The highest BCUT2D eigenvalue weighted by Crippen LogP contribution is 2.21. The molecule has 0 spiro atoms. The molecule has 0 heterocycles. The SMILES string of the molecule is CC(C)(C)C(=O)Nc1cccc(C(=O)NCc2ccccc2OC(F)F)c1. The Morgan fingerprint density at radius 3 is 2.44 bits per heavy atom. The number of carbonyl (C=O) groups excluding carboxylic acids is 2. The van der Waals surface area contributed by atoms with E-state index in [0.717, 1.165) is 0 Å². The lowest BCUT2D eigenvalue weighted by Gasteiger charge is -2.18. The van der Waals surface area contributed by atoms with Gasteiger partial charge in [-0.3, -0.25) is 9.59 Å². The molecule has 27 heavy (non-hydrogen) atoms. The zero-order chi connectivity index (χ0) is 20.0. The molecule has 0 aliphatic heterocycles. The van der Waals surface area contributed by atoms with Crippen LogP contribution in [0.3, 0.4) is 0 Å². The number of hydrogen-bond acceptors (Lipinski definition) is 3. The highest BCUT2D eigenvalue weighted by molar-refractivity contribution is 5.98. The van der Waals surface area contributed by atoms with Gasteiger partial charge in [0, 0.05) is 28.8 Å². The van der Waals surface area contributed by atoms with Crippen LogP contribution in [-0.2, 0) is 11.3 Å². The maximum absolute atomic E-state index is 12.5. The van der Waals surface area contributed by atoms with E-state index in [4.69, 9.17) is 0 Å². The van der Waals surface area contributed by atoms with Crippen LogP contribution in [0.15, 0.2) is 48.5 Å². The molecule has 0 saturated carbocycles. The van der Waals surface area contributed by atoms with E-state index in [9.17, 15) is 18.4 Å². The van der Waals surface area contributed by atoms with Crippen LogP contribution < -0.4 is 15.4 Å². The van der Waals surface area contributed by atoms with Gasteiger partial charge in [-0.25, -0.2) is 0 Å². The molecule has 144 valence electrons. The molecule has 2 aromatic rings. The Morgan fingerprint density at radius 1 is 1.07 bits per heavy atom. The van der Waals surface area contributed by atoms with Gasteiger partial charge in [-0.15, -0.1) is 0 Å². The predicted molar refractivity (Wildman–Crippen MR) is 98.8 cm³/mol. The molecular weight excluding hydrogens is 354 g/mol. The van der Waals surface area contributed by atoms with Gasteiger partial charge in [0.2, 0.25) is 5.91 Å². The van der Waals surface area contributed by atoms with Crippen LogP contribution >= 0.6 is 0 Å². The molecule has 0 atom stereocenters. The molecule has 0 saturated heterocycles. The first kappa shape index (κ1) is 20.4. The van der Waals surface area contributed by atoms with Crippen molar-refractivity contribution >= 4 is 17.5 Å². The topological polar surface area (TPSA) is 67.4 Å². The third-order valence-corrected chi connectivity index (χ3v) is 3.69. The quantitative estimate of drug-likeness (QED) is 0.794. The van der Waals surface area contributed by atoms with Crippen molar-refractivity contribution in [1.29, 1.82) is 0 Å². The van der Waals surface area contributed by atoms with Crippen molar-refractivity contribution in [3.05, 3.63) is 59.7 Å². The van der Waals surface area contributed by atoms with E-state index in [1.807, 2.05) is 0 Å². The number of anilines is 1. The van der Waals surface area contributed by atoms with E-state index in [1.54, 1.807) is 63.2 Å². The second-order valence-electron chi connectivity index (χ2n) is 6.95. The summed E-state index contributed by atoms with van der Waals surface area (Å²) in [6, 6.07) is 12.7. The molecule has 5 nitrogen and oxygen atoms in total. The largest absolute Gasteiger partial charge is 0.434 e. The Balaban J connectivity index is 2.05. The monoisotopic (exact) mass is 376 g/mol. The summed E-state index contributed by atoms with van der Waals surface area (Å²) >= 11 is 0. The fourth-order valence-electron chi connectivity index (χ4n) is 2.20. The molecule has 0 aromatic heterocycles. The first-order valence-corrected chi connectivity index (χ1v) is 8.39. The second-order valence-corrected chi connectivity index (χ2v) is 6.95. The molecule has 7 heteroatoms. The highest BCUT2D eigenvalue weighted by atomic mass is 19.3. The van der Waals surface area contributed by atoms with Crippen LogP contribution in [0.2, 0.25) is 0 Å². The van der Waals surface area contributed by atoms with Gasteiger partial charge in [-0.1, -0.05) is 45.0 Å². The van der Waals surface area contributed by atoms with Gasteiger partial charge in [0.05, 0.1) is 0 Å². The number of halogens is 2. The first-order chi connectivity index (χ1) is 12.7. The summed E-state index contributed by atoms with van der Waals surface area (Å²) in [5.41, 5.74) is 0.716. The van der Waals surface area contributed by atoms with E-state index in [1.165, 1.54) is 6.07 Å². The minimum absolute atomic E-state index is 0.0130. The molecule has 0 aliphatic carbocycles. The van der Waals surface area contributed by atoms with Gasteiger partial charge in [0.15, 0.2) is 0 Å². The Morgan fingerprint density at radius 2 is 1.78 bits per heavy atom. The smallest absolute Gasteiger partial charge is 0.387 e. The fourth-order valence-corrected chi connectivity index (χ4v) is 2.20. The molecule has 0 unspecified atom stereocenters. The van der Waals surface area contributed by atoms with Crippen LogP contribution in [0.1, 0.15) is 36.7 Å². The average Bonchev–Trinajstić information content (AvgIpc) is 2.59. The van der Waals surface area contributed by atoms with Crippen molar-refractivity contribution in [2.24, 2.45) is 5.41 Å². The standard InChI is InChI=1S/C20H22F2N2O3/c1-20(2,3)18(26)24-15-9-6-8-13(11-15)17(25)23-12-14-7-4-5-10-16(14)27-19(21)22/h4-11,19H,12H2,1-3H3,(H,23,25)(H,24,26). The average molecular weight is 376 g/mol. The molecule has 2 amide bonds. The number of alkyl halides is 2. The number of carbonyl (C=O) groups is 2. The lowest BCUT2D eigenvalue weighted by atomic mass is 9.95. The van der Waals surface area contributed by atoms with Gasteiger partial charge in [-0.05, 0) is 24.3 Å². The normalized spacial score (nSPS) is 11.2. The summed E-state index contributed by atoms with van der Waals surface area (Å²) in [6.45, 7) is 2.46. The number of amides is 2. The van der Waals surface area contributed by atoms with Gasteiger partial charge < -0.3 is 15.4 Å². The molecule has 0 aliphatic rings. The highest BCUT2D eigenvalue weighted by Gasteiger charge is 2.21. The van der Waals surface area contributed by atoms with E-state index >= 15 is 0 Å². The van der Waals surface area contributed by atoms with E-state index in [0.29, 0.717) is 16.8 Å². The Bertz CT molecular complexity index is 817. The van der Waals surface area contributed by atoms with Crippen molar-refractivity contribution in [2.75, 3.05) is 5.32 Å². The number of ether oxygens (including phenoxy) is 1. The Kier molecular flexibility index (Phi) is 6.50. The molecule has 2 N–H and O–H groups in total. The van der Waals surface area contributed by atoms with Crippen LogP contribution in [0.5, 0.6) is 5.75 Å². The fraction of sp³-hybridized carbons (Fsp3) is 0.300. The van der Waals surface area contributed by atoms with Crippen molar-refractivity contribution in [1.82, 2.24) is 5.32 Å². The molecule has 0 bridgehead atoms. The number of hydrogen-bond donors (Lipinski definition) is 2. The van der Waals surface area contributed by atoms with E-state index in [2.05, 4.69) is 15.4 Å². The third kappa shape index (κ3) is 6.06. The number of nitrogens with one attached hydrogen (secondary N) is 2. The summed E-state index contributed by atoms with van der Waals surface area (Å²) < 4.78 is 29.4. The maximum atomic E-state index is 12.5. The van der Waals surface area contributed by atoms with Crippen LogP contribution in [0.25, 0.3) is 0 Å². The Labute approximate surface area is 156 Å². The van der Waals surface area contributed by atoms with E-state index in [-0.39, 0.29) is 18.2 Å². The minimum Gasteiger partial charge on any atom is -0.434 e. The predicted octanol–water partition coefficient (Wildman–Crippen LogP) is 4.20. The zero-order valence-electron chi connectivity index (χ0n) is 15.4. The summed E-state index contributed by atoms with van der Waals surface area (Å²) in [5.74, 6) is -0.550. The summed E-state index contributed by atoms with van der Waals surface area (Å²) in [4.78, 5) is 24.4. The molecule has 2 aromatic carbocycles.